The van der Waals surface area contributed by atoms with Gasteiger partial charge in [0.05, 0.1) is 0 Å². The first kappa shape index (κ1) is 13.7. The lowest BCUT2D eigenvalue weighted by Crippen LogP contribution is -2.40. The maximum Gasteiger partial charge on any atom is 0.260 e. The van der Waals surface area contributed by atoms with Crippen LogP contribution in [0.25, 0.3) is 0 Å². The summed E-state index contributed by atoms with van der Waals surface area (Å²) < 4.78 is 5.53. The molecule has 19 heavy (non-hydrogen) atoms. The van der Waals surface area contributed by atoms with E-state index in [1.165, 1.54) is 0 Å². The fraction of sp³-hybridized carbons (Fsp3) is 0.533. The minimum Gasteiger partial charge on any atom is -0.484 e. The number of carbonyl (C=O) groups excluding carboxylic acids is 1. The third-order valence-electron chi connectivity index (χ3n) is 3.64. The van der Waals surface area contributed by atoms with Gasteiger partial charge in [-0.25, -0.2) is 0 Å². The number of hydrogen-bond acceptors (Lipinski definition) is 3. The minimum atomic E-state index is 0.0876. The molecule has 1 fully saturated rings. The molecule has 2 rings (SSSR count). The molecule has 1 aliphatic rings. The first-order chi connectivity index (χ1) is 9.19. The van der Waals surface area contributed by atoms with Crippen LogP contribution in [0.4, 0.5) is 5.69 Å². The van der Waals surface area contributed by atoms with Crippen LogP contribution in [-0.4, -0.2) is 37.6 Å². The van der Waals surface area contributed by atoms with E-state index in [1.54, 1.807) is 0 Å². The molecular formula is C15H22N2O2. The number of amides is 1. The molecule has 1 amide bonds. The van der Waals surface area contributed by atoms with Crippen LogP contribution in [0.15, 0.2) is 24.3 Å². The smallest absolute Gasteiger partial charge is 0.260 e. The van der Waals surface area contributed by atoms with Gasteiger partial charge in [0.25, 0.3) is 5.91 Å². The van der Waals surface area contributed by atoms with E-state index in [-0.39, 0.29) is 12.5 Å². The molecule has 0 bridgehead atoms. The van der Waals surface area contributed by atoms with Crippen molar-refractivity contribution in [1.82, 2.24) is 4.90 Å². The number of benzene rings is 1. The Hall–Kier alpha value is -1.71. The zero-order valence-electron chi connectivity index (χ0n) is 11.7. The maximum atomic E-state index is 12.0. The van der Waals surface area contributed by atoms with E-state index >= 15 is 0 Å². The number of anilines is 1. The quantitative estimate of drug-likeness (QED) is 0.905. The normalized spacial score (nSPS) is 16.2. The van der Waals surface area contributed by atoms with Crippen molar-refractivity contribution < 1.29 is 9.53 Å². The molecule has 0 spiro atoms. The Balaban J connectivity index is 1.79. The van der Waals surface area contributed by atoms with Gasteiger partial charge in [0, 0.05) is 25.8 Å². The topological polar surface area (TPSA) is 41.6 Å². The Morgan fingerprint density at radius 3 is 2.53 bits per heavy atom. The number of hydrogen-bond donors (Lipinski definition) is 1. The van der Waals surface area contributed by atoms with Crippen LogP contribution in [0.1, 0.15) is 19.8 Å². The summed E-state index contributed by atoms with van der Waals surface area (Å²) in [6.45, 7) is 4.10. The lowest BCUT2D eigenvalue weighted by Gasteiger charge is -2.30. The van der Waals surface area contributed by atoms with E-state index in [1.807, 2.05) is 36.2 Å². The molecule has 1 saturated heterocycles. The molecule has 0 unspecified atom stereocenters. The first-order valence-electron chi connectivity index (χ1n) is 6.87. The van der Waals surface area contributed by atoms with Crippen LogP contribution in [-0.2, 0) is 4.79 Å². The van der Waals surface area contributed by atoms with Crippen molar-refractivity contribution in [2.24, 2.45) is 5.92 Å². The number of likely N-dealkylation sites (tertiary alicyclic amines) is 1. The molecule has 4 heteroatoms. The van der Waals surface area contributed by atoms with Crippen molar-refractivity contribution >= 4 is 11.6 Å². The van der Waals surface area contributed by atoms with Gasteiger partial charge in [0.1, 0.15) is 5.75 Å². The average molecular weight is 262 g/mol. The van der Waals surface area contributed by atoms with Gasteiger partial charge in [-0.05, 0) is 43.0 Å². The van der Waals surface area contributed by atoms with Crippen LogP contribution >= 0.6 is 0 Å². The Labute approximate surface area is 114 Å². The molecule has 104 valence electrons. The molecule has 1 aromatic rings. The molecule has 0 saturated carbocycles. The van der Waals surface area contributed by atoms with E-state index in [9.17, 15) is 4.79 Å². The molecule has 4 nitrogen and oxygen atoms in total. The lowest BCUT2D eigenvalue weighted by atomic mass is 9.99. The number of ether oxygens (including phenoxy) is 1. The van der Waals surface area contributed by atoms with Gasteiger partial charge >= 0.3 is 0 Å². The standard InChI is InChI=1S/C15H22N2O2/c1-12-7-9-17(10-8-12)15(18)11-19-14-5-3-13(16-2)4-6-14/h3-6,12,16H,7-11H2,1-2H3. The third kappa shape index (κ3) is 3.88. The first-order valence-corrected chi connectivity index (χ1v) is 6.87. The molecular weight excluding hydrogens is 240 g/mol. The molecule has 0 atom stereocenters. The van der Waals surface area contributed by atoms with Crippen molar-refractivity contribution in [3.05, 3.63) is 24.3 Å². The summed E-state index contributed by atoms with van der Waals surface area (Å²) >= 11 is 0. The maximum absolute atomic E-state index is 12.0. The van der Waals surface area contributed by atoms with Gasteiger partial charge in [-0.1, -0.05) is 6.92 Å². The van der Waals surface area contributed by atoms with E-state index < -0.39 is 0 Å². The van der Waals surface area contributed by atoms with E-state index in [0.717, 1.165) is 43.3 Å². The Bertz CT molecular complexity index is 409. The highest BCUT2D eigenvalue weighted by molar-refractivity contribution is 5.77. The zero-order valence-corrected chi connectivity index (χ0v) is 11.7. The number of carbonyl (C=O) groups is 1. The van der Waals surface area contributed by atoms with Gasteiger partial charge < -0.3 is 15.0 Å². The van der Waals surface area contributed by atoms with Crippen LogP contribution in [0.3, 0.4) is 0 Å². The van der Waals surface area contributed by atoms with Crippen molar-refractivity contribution in [2.45, 2.75) is 19.8 Å². The summed E-state index contributed by atoms with van der Waals surface area (Å²) in [5.74, 6) is 1.56. The van der Waals surface area contributed by atoms with Crippen LogP contribution in [0.2, 0.25) is 0 Å². The average Bonchev–Trinajstić information content (AvgIpc) is 2.46. The highest BCUT2D eigenvalue weighted by Crippen LogP contribution is 2.17. The predicted molar refractivity (Wildman–Crippen MR) is 76.5 cm³/mol. The number of rotatable bonds is 4. The van der Waals surface area contributed by atoms with Gasteiger partial charge in [-0.15, -0.1) is 0 Å². The van der Waals surface area contributed by atoms with E-state index in [0.29, 0.717) is 0 Å². The lowest BCUT2D eigenvalue weighted by molar-refractivity contribution is -0.134. The fourth-order valence-corrected chi connectivity index (χ4v) is 2.21. The highest BCUT2D eigenvalue weighted by atomic mass is 16.5. The summed E-state index contributed by atoms with van der Waals surface area (Å²) in [6, 6.07) is 7.61. The van der Waals surface area contributed by atoms with Crippen molar-refractivity contribution in [3.8, 4) is 5.75 Å². The zero-order chi connectivity index (χ0) is 13.7. The van der Waals surface area contributed by atoms with Crippen molar-refractivity contribution in [1.29, 1.82) is 0 Å². The summed E-state index contributed by atoms with van der Waals surface area (Å²) in [5, 5.41) is 3.04. The molecule has 1 aromatic carbocycles. The predicted octanol–water partition coefficient (Wildman–Crippen LogP) is 2.37. The van der Waals surface area contributed by atoms with Gasteiger partial charge in [0.2, 0.25) is 0 Å². The second kappa shape index (κ2) is 6.45. The number of piperidine rings is 1. The minimum absolute atomic E-state index is 0.0876. The highest BCUT2D eigenvalue weighted by Gasteiger charge is 2.20. The molecule has 1 N–H and O–H groups in total. The molecule has 1 aliphatic heterocycles. The molecule has 0 radical (unpaired) electrons. The second-order valence-electron chi connectivity index (χ2n) is 5.13. The summed E-state index contributed by atoms with van der Waals surface area (Å²) in [6.07, 6.45) is 2.20. The SMILES string of the molecule is CNc1ccc(OCC(=O)N2CCC(C)CC2)cc1. The number of nitrogens with zero attached hydrogens (tertiary/aromatic N) is 1. The fourth-order valence-electron chi connectivity index (χ4n) is 2.21. The van der Waals surface area contributed by atoms with Crippen LogP contribution in [0.5, 0.6) is 5.75 Å². The van der Waals surface area contributed by atoms with Gasteiger partial charge in [0.15, 0.2) is 6.61 Å². The van der Waals surface area contributed by atoms with Crippen LogP contribution in [0, 0.1) is 5.92 Å². The second-order valence-corrected chi connectivity index (χ2v) is 5.13. The summed E-state index contributed by atoms with van der Waals surface area (Å²) in [7, 11) is 1.87. The summed E-state index contributed by atoms with van der Waals surface area (Å²) in [5.41, 5.74) is 1.03. The largest absolute Gasteiger partial charge is 0.484 e. The Kier molecular flexibility index (Phi) is 4.66. The van der Waals surface area contributed by atoms with Crippen LogP contribution < -0.4 is 10.1 Å². The monoisotopic (exact) mass is 262 g/mol. The van der Waals surface area contributed by atoms with Crippen molar-refractivity contribution in [3.63, 3.8) is 0 Å². The molecule has 1 heterocycles. The Morgan fingerprint density at radius 2 is 1.95 bits per heavy atom. The Morgan fingerprint density at radius 1 is 1.32 bits per heavy atom. The molecule has 0 aliphatic carbocycles. The summed E-state index contributed by atoms with van der Waals surface area (Å²) in [4.78, 5) is 13.9. The van der Waals surface area contributed by atoms with Gasteiger partial charge in [-0.3, -0.25) is 4.79 Å². The van der Waals surface area contributed by atoms with Gasteiger partial charge in [-0.2, -0.15) is 0 Å². The number of nitrogens with one attached hydrogen (secondary N) is 1. The van der Waals surface area contributed by atoms with E-state index in [2.05, 4.69) is 12.2 Å². The van der Waals surface area contributed by atoms with Crippen molar-refractivity contribution in [2.75, 3.05) is 32.1 Å². The van der Waals surface area contributed by atoms with E-state index in [4.69, 9.17) is 4.74 Å². The molecule has 0 aromatic heterocycles. The third-order valence-corrected chi connectivity index (χ3v) is 3.64.